The number of benzene rings is 1. The Morgan fingerprint density at radius 1 is 1.29 bits per heavy atom. The molecule has 17 heavy (non-hydrogen) atoms. The van der Waals surface area contributed by atoms with E-state index in [0.29, 0.717) is 0 Å². The molecule has 0 saturated heterocycles. The number of anilines is 1. The molecule has 1 N–H and O–H groups in total. The van der Waals surface area contributed by atoms with Crippen LogP contribution in [-0.4, -0.2) is 4.98 Å². The van der Waals surface area contributed by atoms with Gasteiger partial charge in [-0.1, -0.05) is 6.07 Å². The Bertz CT molecular complexity index is 626. The van der Waals surface area contributed by atoms with Crippen molar-refractivity contribution in [2.75, 3.05) is 5.32 Å². The molecule has 0 amide bonds. The first-order valence-electron chi connectivity index (χ1n) is 5.45. The predicted molar refractivity (Wildman–Crippen MR) is 76.0 cm³/mol. The van der Waals surface area contributed by atoms with Gasteiger partial charge in [0.25, 0.3) is 0 Å². The summed E-state index contributed by atoms with van der Waals surface area (Å²) in [5.41, 5.74) is 2.25. The van der Waals surface area contributed by atoms with Crippen molar-refractivity contribution < 1.29 is 0 Å². The van der Waals surface area contributed by atoms with E-state index >= 15 is 0 Å². The minimum Gasteiger partial charge on any atom is -0.380 e. The van der Waals surface area contributed by atoms with Gasteiger partial charge in [0.15, 0.2) is 0 Å². The topological polar surface area (TPSA) is 24.9 Å². The van der Waals surface area contributed by atoms with Gasteiger partial charge in [0.05, 0.1) is 15.2 Å². The van der Waals surface area contributed by atoms with E-state index in [0.717, 1.165) is 22.8 Å². The first-order chi connectivity index (χ1) is 8.31. The average molecular weight is 260 g/mol. The van der Waals surface area contributed by atoms with Crippen LogP contribution in [0, 0.1) is 6.92 Å². The Balaban J connectivity index is 1.81. The number of fused-ring (bicyclic) bond motifs is 1. The summed E-state index contributed by atoms with van der Waals surface area (Å²) in [7, 11) is 0. The van der Waals surface area contributed by atoms with Crippen molar-refractivity contribution in [1.82, 2.24) is 4.98 Å². The van der Waals surface area contributed by atoms with Crippen LogP contribution in [0.25, 0.3) is 10.2 Å². The van der Waals surface area contributed by atoms with E-state index in [1.807, 2.05) is 6.92 Å². The van der Waals surface area contributed by atoms with E-state index in [-0.39, 0.29) is 0 Å². The minimum atomic E-state index is 0.890. The number of hydrogen-bond acceptors (Lipinski definition) is 4. The van der Waals surface area contributed by atoms with Crippen LogP contribution in [-0.2, 0) is 6.54 Å². The quantitative estimate of drug-likeness (QED) is 0.760. The Morgan fingerprint density at radius 3 is 3.06 bits per heavy atom. The van der Waals surface area contributed by atoms with Crippen LogP contribution in [0.15, 0.2) is 35.7 Å². The highest BCUT2D eigenvalue weighted by Crippen LogP contribution is 2.25. The van der Waals surface area contributed by atoms with E-state index in [1.165, 1.54) is 9.58 Å². The molecular weight excluding hydrogens is 248 g/mol. The second kappa shape index (κ2) is 4.47. The summed E-state index contributed by atoms with van der Waals surface area (Å²) in [4.78, 5) is 5.81. The molecule has 86 valence electrons. The van der Waals surface area contributed by atoms with Gasteiger partial charge in [-0.25, -0.2) is 4.98 Å². The maximum atomic E-state index is 4.46. The van der Waals surface area contributed by atoms with Crippen molar-refractivity contribution in [1.29, 1.82) is 0 Å². The molecule has 2 heterocycles. The zero-order valence-corrected chi connectivity index (χ0v) is 11.1. The molecule has 0 atom stereocenters. The maximum absolute atomic E-state index is 4.46. The molecule has 3 aromatic rings. The number of rotatable bonds is 3. The summed E-state index contributed by atoms with van der Waals surface area (Å²) >= 11 is 3.52. The third kappa shape index (κ3) is 2.33. The van der Waals surface area contributed by atoms with Crippen molar-refractivity contribution in [2.24, 2.45) is 0 Å². The Morgan fingerprint density at radius 2 is 2.24 bits per heavy atom. The summed E-state index contributed by atoms with van der Waals surface area (Å²) in [5, 5.41) is 6.66. The number of nitrogens with zero attached hydrogens (tertiary/aromatic N) is 1. The normalized spacial score (nSPS) is 10.9. The van der Waals surface area contributed by atoms with Crippen molar-refractivity contribution in [3.05, 3.63) is 45.6 Å². The van der Waals surface area contributed by atoms with Crippen molar-refractivity contribution in [3.8, 4) is 0 Å². The lowest BCUT2D eigenvalue weighted by Gasteiger charge is -2.04. The molecule has 0 bridgehead atoms. The number of hydrogen-bond donors (Lipinski definition) is 1. The fraction of sp³-hybridized carbons (Fsp3) is 0.154. The van der Waals surface area contributed by atoms with E-state index in [4.69, 9.17) is 0 Å². The predicted octanol–water partition coefficient (Wildman–Crippen LogP) is 4.28. The van der Waals surface area contributed by atoms with E-state index < -0.39 is 0 Å². The van der Waals surface area contributed by atoms with Crippen LogP contribution >= 0.6 is 22.7 Å². The molecule has 3 rings (SSSR count). The first-order valence-corrected chi connectivity index (χ1v) is 7.14. The van der Waals surface area contributed by atoms with Crippen LogP contribution in [0.4, 0.5) is 5.69 Å². The standard InChI is InChI=1S/C13H12N2S2/c1-9-15-12-5-4-10(7-13(12)17-9)14-8-11-3-2-6-16-11/h2-7,14H,8H2,1H3. The van der Waals surface area contributed by atoms with Gasteiger partial charge in [0.2, 0.25) is 0 Å². The van der Waals surface area contributed by atoms with Crippen LogP contribution < -0.4 is 5.32 Å². The minimum absolute atomic E-state index is 0.890. The van der Waals surface area contributed by atoms with Gasteiger partial charge in [-0.3, -0.25) is 0 Å². The molecule has 0 fully saturated rings. The Kier molecular flexibility index (Phi) is 2.82. The van der Waals surface area contributed by atoms with E-state index in [9.17, 15) is 0 Å². The molecule has 0 aliphatic carbocycles. The van der Waals surface area contributed by atoms with Crippen LogP contribution in [0.5, 0.6) is 0 Å². The van der Waals surface area contributed by atoms with Gasteiger partial charge in [-0.2, -0.15) is 0 Å². The molecular formula is C13H12N2S2. The monoisotopic (exact) mass is 260 g/mol. The summed E-state index contributed by atoms with van der Waals surface area (Å²) in [6, 6.07) is 10.6. The number of aromatic nitrogens is 1. The smallest absolute Gasteiger partial charge is 0.0907 e. The van der Waals surface area contributed by atoms with Gasteiger partial charge >= 0.3 is 0 Å². The third-order valence-corrected chi connectivity index (χ3v) is 4.35. The van der Waals surface area contributed by atoms with E-state index in [1.54, 1.807) is 22.7 Å². The fourth-order valence-electron chi connectivity index (χ4n) is 1.75. The molecule has 0 saturated carbocycles. The lowest BCUT2D eigenvalue weighted by atomic mass is 10.3. The van der Waals surface area contributed by atoms with Crippen molar-refractivity contribution in [2.45, 2.75) is 13.5 Å². The largest absolute Gasteiger partial charge is 0.380 e. The van der Waals surface area contributed by atoms with Crippen molar-refractivity contribution >= 4 is 38.6 Å². The molecule has 0 unspecified atom stereocenters. The molecule has 2 nitrogen and oxygen atoms in total. The Hall–Kier alpha value is -1.39. The average Bonchev–Trinajstić information content (AvgIpc) is 2.92. The lowest BCUT2D eigenvalue weighted by molar-refractivity contribution is 1.19. The molecule has 0 aliphatic rings. The summed E-state index contributed by atoms with van der Waals surface area (Å²) in [5.74, 6) is 0. The van der Waals surface area contributed by atoms with Crippen molar-refractivity contribution in [3.63, 3.8) is 0 Å². The second-order valence-electron chi connectivity index (χ2n) is 3.85. The van der Waals surface area contributed by atoms with Gasteiger partial charge in [-0.15, -0.1) is 22.7 Å². The van der Waals surface area contributed by atoms with Gasteiger partial charge in [0.1, 0.15) is 0 Å². The van der Waals surface area contributed by atoms with Gasteiger partial charge < -0.3 is 5.32 Å². The molecule has 0 spiro atoms. The highest BCUT2D eigenvalue weighted by Gasteiger charge is 2.01. The van der Waals surface area contributed by atoms with Gasteiger partial charge in [0, 0.05) is 17.1 Å². The molecule has 0 radical (unpaired) electrons. The molecule has 0 aliphatic heterocycles. The summed E-state index contributed by atoms with van der Waals surface area (Å²) in [6.45, 7) is 2.93. The highest BCUT2D eigenvalue weighted by atomic mass is 32.1. The van der Waals surface area contributed by atoms with Crippen LogP contribution in [0.3, 0.4) is 0 Å². The van der Waals surface area contributed by atoms with Gasteiger partial charge in [-0.05, 0) is 36.6 Å². The highest BCUT2D eigenvalue weighted by molar-refractivity contribution is 7.18. The second-order valence-corrected chi connectivity index (χ2v) is 6.12. The molecule has 1 aromatic carbocycles. The zero-order valence-electron chi connectivity index (χ0n) is 9.43. The Labute approximate surface area is 108 Å². The molecule has 2 aromatic heterocycles. The number of aryl methyl sites for hydroxylation is 1. The lowest BCUT2D eigenvalue weighted by Crippen LogP contribution is -1.96. The van der Waals surface area contributed by atoms with E-state index in [2.05, 4.69) is 46.0 Å². The number of nitrogens with one attached hydrogen (secondary N) is 1. The first kappa shape index (κ1) is 10.7. The SMILES string of the molecule is Cc1nc2ccc(NCc3cccs3)cc2s1. The molecule has 4 heteroatoms. The summed E-state index contributed by atoms with van der Waals surface area (Å²) < 4.78 is 1.25. The maximum Gasteiger partial charge on any atom is 0.0907 e. The van der Waals surface area contributed by atoms with Crippen LogP contribution in [0.1, 0.15) is 9.88 Å². The summed E-state index contributed by atoms with van der Waals surface area (Å²) in [6.07, 6.45) is 0. The third-order valence-electron chi connectivity index (χ3n) is 2.54. The zero-order chi connectivity index (χ0) is 11.7. The number of thiazole rings is 1. The number of thiophene rings is 1. The fourth-order valence-corrected chi connectivity index (χ4v) is 3.26. The van der Waals surface area contributed by atoms with Crippen LogP contribution in [0.2, 0.25) is 0 Å².